The molecule has 0 aliphatic carbocycles. The van der Waals surface area contributed by atoms with Crippen molar-refractivity contribution in [3.8, 4) is 0 Å². The third kappa shape index (κ3) is 4.95. The molecular weight excluding hydrogens is 210 g/mol. The molecule has 1 rings (SSSR count). The van der Waals surface area contributed by atoms with E-state index in [0.717, 1.165) is 5.56 Å². The van der Waals surface area contributed by atoms with Crippen LogP contribution in [-0.2, 0) is 15.8 Å². The molecule has 0 fully saturated rings. The summed E-state index contributed by atoms with van der Waals surface area (Å²) < 4.78 is 26.0. The molecule has 0 aliphatic heterocycles. The second-order valence-corrected chi connectivity index (χ2v) is 6.32. The summed E-state index contributed by atoms with van der Waals surface area (Å²) in [5.41, 5.74) is 0.377. The molecule has 0 saturated heterocycles. The Balaban J connectivity index is 2.74. The number of hydrogen-bond donors (Lipinski definition) is 1. The average Bonchev–Trinajstić information content (AvgIpc) is 1.99. The Morgan fingerprint density at radius 2 is 1.67 bits per heavy atom. The van der Waals surface area contributed by atoms with Crippen LogP contribution < -0.4 is 4.72 Å². The van der Waals surface area contributed by atoms with E-state index in [2.05, 4.69) is 4.72 Å². The molecule has 1 N–H and O–H groups in total. The highest BCUT2D eigenvalue weighted by atomic mass is 32.2. The van der Waals surface area contributed by atoms with E-state index >= 15 is 0 Å². The summed E-state index contributed by atoms with van der Waals surface area (Å²) >= 11 is 0. The largest absolute Gasteiger partial charge is 0.216 e. The van der Waals surface area contributed by atoms with E-state index in [1.807, 2.05) is 51.1 Å². The van der Waals surface area contributed by atoms with Gasteiger partial charge >= 0.3 is 0 Å². The van der Waals surface area contributed by atoms with E-state index in [0.29, 0.717) is 0 Å². The lowest BCUT2D eigenvalue weighted by Crippen LogP contribution is -2.41. The lowest BCUT2D eigenvalue weighted by Gasteiger charge is -2.20. The highest BCUT2D eigenvalue weighted by Gasteiger charge is 2.19. The average molecular weight is 227 g/mol. The topological polar surface area (TPSA) is 46.2 Å². The van der Waals surface area contributed by atoms with Crippen molar-refractivity contribution in [2.24, 2.45) is 0 Å². The van der Waals surface area contributed by atoms with Crippen molar-refractivity contribution in [3.05, 3.63) is 35.9 Å². The molecule has 0 bridgehead atoms. The molecule has 0 heterocycles. The number of hydrogen-bond acceptors (Lipinski definition) is 2. The first-order valence-corrected chi connectivity index (χ1v) is 6.49. The molecule has 0 unspecified atom stereocenters. The Morgan fingerprint density at radius 3 is 2.13 bits per heavy atom. The quantitative estimate of drug-likeness (QED) is 0.857. The monoisotopic (exact) mass is 227 g/mol. The minimum atomic E-state index is -3.24. The Labute approximate surface area is 91.6 Å². The van der Waals surface area contributed by atoms with Crippen molar-refractivity contribution in [3.63, 3.8) is 0 Å². The molecule has 84 valence electrons. The van der Waals surface area contributed by atoms with Gasteiger partial charge in [0.15, 0.2) is 0 Å². The summed E-state index contributed by atoms with van der Waals surface area (Å²) in [5.74, 6) is 0.0328. The first-order valence-electron chi connectivity index (χ1n) is 4.84. The van der Waals surface area contributed by atoms with Crippen LogP contribution in [0, 0.1) is 0 Å². The van der Waals surface area contributed by atoms with E-state index in [1.54, 1.807) is 0 Å². The molecule has 0 atom stereocenters. The summed E-state index contributed by atoms with van der Waals surface area (Å²) in [5, 5.41) is 0. The summed E-state index contributed by atoms with van der Waals surface area (Å²) in [6.07, 6.45) is 0. The normalized spacial score (nSPS) is 12.7. The van der Waals surface area contributed by atoms with Crippen LogP contribution in [0.5, 0.6) is 0 Å². The molecule has 0 radical (unpaired) electrons. The molecule has 1 aromatic carbocycles. The summed E-state index contributed by atoms with van der Waals surface area (Å²) in [4.78, 5) is 0. The van der Waals surface area contributed by atoms with Gasteiger partial charge in [0.05, 0.1) is 5.75 Å². The van der Waals surface area contributed by atoms with Crippen molar-refractivity contribution < 1.29 is 8.42 Å². The predicted molar refractivity (Wildman–Crippen MR) is 62.0 cm³/mol. The Bertz CT molecular complexity index is 404. The van der Waals surface area contributed by atoms with E-state index in [-0.39, 0.29) is 5.75 Å². The number of nitrogens with one attached hydrogen (secondary N) is 1. The minimum Gasteiger partial charge on any atom is -0.212 e. The van der Waals surface area contributed by atoms with Crippen LogP contribution in [0.4, 0.5) is 0 Å². The van der Waals surface area contributed by atoms with Gasteiger partial charge in [-0.15, -0.1) is 0 Å². The molecule has 0 spiro atoms. The molecule has 0 saturated carbocycles. The molecule has 0 aromatic heterocycles. The second-order valence-electron chi connectivity index (χ2n) is 4.60. The maximum absolute atomic E-state index is 11.7. The molecule has 4 heteroatoms. The van der Waals surface area contributed by atoms with Gasteiger partial charge in [0.1, 0.15) is 0 Å². The van der Waals surface area contributed by atoms with E-state index < -0.39 is 15.6 Å². The van der Waals surface area contributed by atoms with Crippen molar-refractivity contribution in [2.75, 3.05) is 0 Å². The Morgan fingerprint density at radius 1 is 1.13 bits per heavy atom. The van der Waals surface area contributed by atoms with Gasteiger partial charge in [-0.1, -0.05) is 30.3 Å². The number of benzene rings is 1. The fourth-order valence-electron chi connectivity index (χ4n) is 1.30. The maximum Gasteiger partial charge on any atom is 0.216 e. The van der Waals surface area contributed by atoms with Crippen molar-refractivity contribution in [1.82, 2.24) is 4.72 Å². The minimum absolute atomic E-state index is 0.0328. The van der Waals surface area contributed by atoms with Gasteiger partial charge in [0, 0.05) is 5.54 Å². The van der Waals surface area contributed by atoms with Gasteiger partial charge in [-0.2, -0.15) is 0 Å². The fraction of sp³-hybridized carbons (Fsp3) is 0.455. The molecule has 1 aromatic rings. The molecule has 15 heavy (non-hydrogen) atoms. The lowest BCUT2D eigenvalue weighted by atomic mass is 10.1. The van der Waals surface area contributed by atoms with Gasteiger partial charge in [0.2, 0.25) is 10.0 Å². The summed E-state index contributed by atoms with van der Waals surface area (Å²) in [6, 6.07) is 9.15. The summed E-state index contributed by atoms with van der Waals surface area (Å²) in [7, 11) is -3.24. The molecular formula is C11H17NO2S. The van der Waals surface area contributed by atoms with Crippen molar-refractivity contribution >= 4 is 10.0 Å². The van der Waals surface area contributed by atoms with Gasteiger partial charge in [0.25, 0.3) is 0 Å². The predicted octanol–water partition coefficient (Wildman–Crippen LogP) is 1.90. The lowest BCUT2D eigenvalue weighted by molar-refractivity contribution is 0.491. The highest BCUT2D eigenvalue weighted by molar-refractivity contribution is 7.88. The first kappa shape index (κ1) is 12.2. The zero-order valence-electron chi connectivity index (χ0n) is 9.32. The van der Waals surface area contributed by atoms with Gasteiger partial charge in [-0.3, -0.25) is 0 Å². The molecule has 0 aliphatic rings. The molecule has 3 nitrogen and oxygen atoms in total. The van der Waals surface area contributed by atoms with Crippen LogP contribution >= 0.6 is 0 Å². The Hall–Kier alpha value is -0.870. The highest BCUT2D eigenvalue weighted by Crippen LogP contribution is 2.08. The summed E-state index contributed by atoms with van der Waals surface area (Å²) in [6.45, 7) is 5.49. The smallest absolute Gasteiger partial charge is 0.212 e. The van der Waals surface area contributed by atoms with Gasteiger partial charge < -0.3 is 0 Å². The van der Waals surface area contributed by atoms with Crippen molar-refractivity contribution in [1.29, 1.82) is 0 Å². The third-order valence-corrected chi connectivity index (χ3v) is 3.30. The zero-order valence-corrected chi connectivity index (χ0v) is 10.1. The van der Waals surface area contributed by atoms with Crippen LogP contribution in [0.2, 0.25) is 0 Å². The van der Waals surface area contributed by atoms with Crippen LogP contribution in [-0.4, -0.2) is 14.0 Å². The second kappa shape index (κ2) is 4.33. The third-order valence-electron chi connectivity index (χ3n) is 1.66. The molecule has 0 amide bonds. The van der Waals surface area contributed by atoms with Gasteiger partial charge in [-0.05, 0) is 26.3 Å². The Kier molecular flexibility index (Phi) is 3.52. The van der Waals surface area contributed by atoms with E-state index in [1.165, 1.54) is 0 Å². The van der Waals surface area contributed by atoms with Crippen LogP contribution in [0.25, 0.3) is 0 Å². The standard InChI is InChI=1S/C11H17NO2S/c1-11(2,3)12-15(13,14)9-10-7-5-4-6-8-10/h4-8,12H,9H2,1-3H3. The first-order chi connectivity index (χ1) is 6.79. The fourth-order valence-corrected chi connectivity index (χ4v) is 2.93. The van der Waals surface area contributed by atoms with Crippen LogP contribution in [0.1, 0.15) is 26.3 Å². The zero-order chi connectivity index (χ0) is 11.5. The van der Waals surface area contributed by atoms with E-state index in [9.17, 15) is 8.42 Å². The van der Waals surface area contributed by atoms with Crippen LogP contribution in [0.15, 0.2) is 30.3 Å². The van der Waals surface area contributed by atoms with Crippen molar-refractivity contribution in [2.45, 2.75) is 32.1 Å². The SMILES string of the molecule is CC(C)(C)NS(=O)(=O)Cc1ccccc1. The maximum atomic E-state index is 11.7. The van der Waals surface area contributed by atoms with Crippen LogP contribution in [0.3, 0.4) is 0 Å². The number of rotatable bonds is 3. The number of sulfonamides is 1. The van der Waals surface area contributed by atoms with Gasteiger partial charge in [-0.25, -0.2) is 13.1 Å². The van der Waals surface area contributed by atoms with E-state index in [4.69, 9.17) is 0 Å².